The largest absolute Gasteiger partial charge is 0.395 e. The Morgan fingerprint density at radius 2 is 1.92 bits per heavy atom. The number of hydrogen-bond acceptors (Lipinski definition) is 3. The van der Waals surface area contributed by atoms with Crippen LogP contribution in [0.3, 0.4) is 0 Å². The third-order valence-corrected chi connectivity index (χ3v) is 2.29. The average Bonchev–Trinajstić information content (AvgIpc) is 1.85. The van der Waals surface area contributed by atoms with Crippen LogP contribution in [0.25, 0.3) is 0 Å². The van der Waals surface area contributed by atoms with Gasteiger partial charge in [0.2, 0.25) is 0 Å². The smallest absolute Gasteiger partial charge is 0.0575 e. The number of hydrogen-bond donors (Lipinski definition) is 2. The molecule has 74 valence electrons. The number of aliphatic hydroxyl groups is 2. The van der Waals surface area contributed by atoms with Crippen molar-refractivity contribution >= 4 is 0 Å². The molecule has 0 saturated heterocycles. The summed E-state index contributed by atoms with van der Waals surface area (Å²) in [5.74, 6) is 0. The molecule has 0 aromatic heterocycles. The highest BCUT2D eigenvalue weighted by Gasteiger charge is 2.25. The Labute approximate surface area is 75.0 Å². The summed E-state index contributed by atoms with van der Waals surface area (Å²) >= 11 is 0. The van der Waals surface area contributed by atoms with E-state index in [2.05, 4.69) is 0 Å². The normalized spacial score (nSPS) is 15.2. The topological polar surface area (TPSA) is 43.7 Å². The van der Waals surface area contributed by atoms with Crippen molar-refractivity contribution in [1.29, 1.82) is 0 Å². The van der Waals surface area contributed by atoms with Crippen molar-refractivity contribution < 1.29 is 10.2 Å². The van der Waals surface area contributed by atoms with E-state index in [1.807, 2.05) is 25.8 Å². The average molecular weight is 175 g/mol. The van der Waals surface area contributed by atoms with E-state index in [1.165, 1.54) is 0 Å². The lowest BCUT2D eigenvalue weighted by Gasteiger charge is -2.32. The van der Waals surface area contributed by atoms with Gasteiger partial charge in [-0.3, -0.25) is 0 Å². The van der Waals surface area contributed by atoms with E-state index < -0.39 is 0 Å². The molecule has 0 rings (SSSR count). The lowest BCUT2D eigenvalue weighted by atomic mass is 9.87. The van der Waals surface area contributed by atoms with E-state index in [1.54, 1.807) is 6.92 Å². The summed E-state index contributed by atoms with van der Waals surface area (Å²) in [6.45, 7) is 7.47. The Morgan fingerprint density at radius 3 is 2.25 bits per heavy atom. The molecule has 0 aliphatic carbocycles. The van der Waals surface area contributed by atoms with Crippen molar-refractivity contribution in [2.45, 2.75) is 26.9 Å². The number of nitrogens with zero attached hydrogens (tertiary/aromatic N) is 1. The van der Waals surface area contributed by atoms with Gasteiger partial charge in [-0.25, -0.2) is 0 Å². The van der Waals surface area contributed by atoms with Gasteiger partial charge in [0.15, 0.2) is 0 Å². The van der Waals surface area contributed by atoms with E-state index in [9.17, 15) is 5.11 Å². The van der Waals surface area contributed by atoms with E-state index in [-0.39, 0.29) is 18.1 Å². The van der Waals surface area contributed by atoms with E-state index in [4.69, 9.17) is 5.11 Å². The molecule has 0 heterocycles. The van der Waals surface area contributed by atoms with Crippen molar-refractivity contribution in [2.24, 2.45) is 5.41 Å². The summed E-state index contributed by atoms with van der Waals surface area (Å²) in [7, 11) is 1.94. The molecule has 0 bridgehead atoms. The van der Waals surface area contributed by atoms with Crippen LogP contribution in [-0.2, 0) is 0 Å². The van der Waals surface area contributed by atoms with Gasteiger partial charge in [0.05, 0.1) is 12.7 Å². The van der Waals surface area contributed by atoms with Gasteiger partial charge >= 0.3 is 0 Å². The van der Waals surface area contributed by atoms with E-state index in [0.717, 1.165) is 6.54 Å². The van der Waals surface area contributed by atoms with Crippen LogP contribution >= 0.6 is 0 Å². The minimum atomic E-state index is -0.321. The summed E-state index contributed by atoms with van der Waals surface area (Å²) in [6.07, 6.45) is -0.321. The summed E-state index contributed by atoms with van der Waals surface area (Å²) in [5.41, 5.74) is -0.107. The molecular formula is C9H21NO2. The van der Waals surface area contributed by atoms with Crippen LogP contribution in [0, 0.1) is 5.41 Å². The molecule has 12 heavy (non-hydrogen) atoms. The fourth-order valence-corrected chi connectivity index (χ4v) is 1.08. The molecule has 2 N–H and O–H groups in total. The van der Waals surface area contributed by atoms with Crippen molar-refractivity contribution in [3.8, 4) is 0 Å². The highest BCUT2D eigenvalue weighted by atomic mass is 16.3. The Hall–Kier alpha value is -0.120. The van der Waals surface area contributed by atoms with Gasteiger partial charge in [-0.2, -0.15) is 0 Å². The number of aliphatic hydroxyl groups excluding tert-OH is 2. The molecule has 1 atom stereocenters. The van der Waals surface area contributed by atoms with Crippen molar-refractivity contribution in [1.82, 2.24) is 4.90 Å². The summed E-state index contributed by atoms with van der Waals surface area (Å²) in [5, 5.41) is 18.1. The zero-order valence-electron chi connectivity index (χ0n) is 8.54. The first-order valence-corrected chi connectivity index (χ1v) is 4.37. The quantitative estimate of drug-likeness (QED) is 0.632. The van der Waals surface area contributed by atoms with Gasteiger partial charge in [-0.05, 0) is 14.0 Å². The number of likely N-dealkylation sites (N-methyl/N-ethyl adjacent to an activating group) is 1. The standard InChI is InChI=1S/C9H21NO2/c1-8(12)9(2,3)7-10(4)5-6-11/h8,11-12H,5-7H2,1-4H3. The highest BCUT2D eigenvalue weighted by molar-refractivity contribution is 4.77. The van der Waals surface area contributed by atoms with Crippen molar-refractivity contribution in [2.75, 3.05) is 26.7 Å². The number of rotatable bonds is 5. The molecule has 1 unspecified atom stereocenters. The first-order chi connectivity index (χ1) is 5.40. The van der Waals surface area contributed by atoms with Gasteiger partial charge in [-0.1, -0.05) is 13.8 Å². The van der Waals surface area contributed by atoms with Gasteiger partial charge < -0.3 is 15.1 Å². The van der Waals surface area contributed by atoms with E-state index in [0.29, 0.717) is 6.54 Å². The third-order valence-electron chi connectivity index (χ3n) is 2.29. The minimum Gasteiger partial charge on any atom is -0.395 e. The molecular weight excluding hydrogens is 154 g/mol. The van der Waals surface area contributed by atoms with Gasteiger partial charge in [0, 0.05) is 18.5 Å². The summed E-state index contributed by atoms with van der Waals surface area (Å²) in [4.78, 5) is 2.02. The van der Waals surface area contributed by atoms with Gasteiger partial charge in [0.1, 0.15) is 0 Å². The SMILES string of the molecule is CC(O)C(C)(C)CN(C)CCO. The van der Waals surface area contributed by atoms with Gasteiger partial charge in [0.25, 0.3) is 0 Å². The van der Waals surface area contributed by atoms with Crippen LogP contribution < -0.4 is 0 Å². The Morgan fingerprint density at radius 1 is 1.42 bits per heavy atom. The first kappa shape index (κ1) is 11.9. The van der Waals surface area contributed by atoms with Crippen molar-refractivity contribution in [3.63, 3.8) is 0 Å². The Bertz CT molecular complexity index is 124. The van der Waals surface area contributed by atoms with Crippen LogP contribution in [0.2, 0.25) is 0 Å². The molecule has 0 aliphatic rings. The molecule has 3 heteroatoms. The molecule has 0 aromatic carbocycles. The fourth-order valence-electron chi connectivity index (χ4n) is 1.08. The predicted molar refractivity (Wildman–Crippen MR) is 50.0 cm³/mol. The highest BCUT2D eigenvalue weighted by Crippen LogP contribution is 2.20. The zero-order valence-corrected chi connectivity index (χ0v) is 8.54. The Balaban J connectivity index is 3.88. The third kappa shape index (κ3) is 4.04. The van der Waals surface area contributed by atoms with Crippen LogP contribution in [0.1, 0.15) is 20.8 Å². The molecule has 0 saturated carbocycles. The second kappa shape index (κ2) is 4.80. The summed E-state index contributed by atoms with van der Waals surface area (Å²) in [6, 6.07) is 0. The monoisotopic (exact) mass is 175 g/mol. The van der Waals surface area contributed by atoms with E-state index >= 15 is 0 Å². The molecule has 0 spiro atoms. The lowest BCUT2D eigenvalue weighted by Crippen LogP contribution is -2.39. The maximum atomic E-state index is 9.41. The first-order valence-electron chi connectivity index (χ1n) is 4.37. The predicted octanol–water partition coefficient (Wildman–Crippen LogP) is 0.318. The second-order valence-electron chi connectivity index (χ2n) is 4.13. The molecule has 0 fully saturated rings. The maximum Gasteiger partial charge on any atom is 0.0575 e. The van der Waals surface area contributed by atoms with Crippen LogP contribution in [-0.4, -0.2) is 48.0 Å². The summed E-state index contributed by atoms with van der Waals surface area (Å²) < 4.78 is 0. The van der Waals surface area contributed by atoms with Crippen LogP contribution in [0.15, 0.2) is 0 Å². The molecule has 0 aliphatic heterocycles. The molecule has 0 aromatic rings. The van der Waals surface area contributed by atoms with Crippen LogP contribution in [0.5, 0.6) is 0 Å². The van der Waals surface area contributed by atoms with Crippen LogP contribution in [0.4, 0.5) is 0 Å². The molecule has 0 amide bonds. The molecule has 3 nitrogen and oxygen atoms in total. The fraction of sp³-hybridized carbons (Fsp3) is 1.00. The lowest BCUT2D eigenvalue weighted by molar-refractivity contribution is 0.0373. The second-order valence-corrected chi connectivity index (χ2v) is 4.13. The Kier molecular flexibility index (Phi) is 4.75. The van der Waals surface area contributed by atoms with Gasteiger partial charge in [-0.15, -0.1) is 0 Å². The van der Waals surface area contributed by atoms with Crippen molar-refractivity contribution in [3.05, 3.63) is 0 Å². The zero-order chi connectivity index (χ0) is 9.78. The minimum absolute atomic E-state index is 0.107. The maximum absolute atomic E-state index is 9.41. The molecule has 0 radical (unpaired) electrons.